The Bertz CT molecular complexity index is 2220. The monoisotopic (exact) mass is 592 g/mol. The SMILES string of the molecule is O=c1c2c3ccc(Br)cc3c3ccccc3c2n2c3c4ccccc4c4cc(Br)ccc4c3c(=O)n12. The van der Waals surface area contributed by atoms with E-state index in [0.29, 0.717) is 10.8 Å². The van der Waals surface area contributed by atoms with Gasteiger partial charge in [0.15, 0.2) is 0 Å². The average Bonchev–Trinajstić information content (AvgIpc) is 3.37. The summed E-state index contributed by atoms with van der Waals surface area (Å²) in [5, 5.41) is 8.74. The zero-order chi connectivity index (χ0) is 24.3. The molecule has 8 rings (SSSR count). The molecule has 0 N–H and O–H groups in total. The summed E-state index contributed by atoms with van der Waals surface area (Å²) in [6.07, 6.45) is 0. The Morgan fingerprint density at radius 1 is 0.444 bits per heavy atom. The summed E-state index contributed by atoms with van der Waals surface area (Å²) in [4.78, 5) is 28.1. The van der Waals surface area contributed by atoms with Gasteiger partial charge in [0.25, 0.3) is 11.1 Å². The molecule has 0 spiro atoms. The van der Waals surface area contributed by atoms with Gasteiger partial charge in [0.2, 0.25) is 0 Å². The predicted molar refractivity (Wildman–Crippen MR) is 155 cm³/mol. The molecular formula is C30H14Br2N2O2. The van der Waals surface area contributed by atoms with E-state index in [1.165, 1.54) is 4.52 Å². The minimum Gasteiger partial charge on any atom is -0.267 e. The van der Waals surface area contributed by atoms with Crippen molar-refractivity contribution < 1.29 is 0 Å². The highest BCUT2D eigenvalue weighted by molar-refractivity contribution is 9.10. The lowest BCUT2D eigenvalue weighted by Gasteiger charge is -2.10. The van der Waals surface area contributed by atoms with Crippen molar-refractivity contribution in [3.63, 3.8) is 0 Å². The van der Waals surface area contributed by atoms with Crippen LogP contribution in [0.1, 0.15) is 0 Å². The van der Waals surface area contributed by atoms with E-state index in [1.807, 2.05) is 77.3 Å². The van der Waals surface area contributed by atoms with Crippen LogP contribution >= 0.6 is 31.9 Å². The van der Waals surface area contributed by atoms with Gasteiger partial charge in [-0.25, -0.2) is 4.52 Å². The molecule has 0 aliphatic rings. The van der Waals surface area contributed by atoms with Crippen LogP contribution in [0.4, 0.5) is 0 Å². The molecule has 0 saturated heterocycles. The van der Waals surface area contributed by atoms with Crippen molar-refractivity contribution in [3.8, 4) is 0 Å². The van der Waals surface area contributed by atoms with Gasteiger partial charge in [0.1, 0.15) is 0 Å². The van der Waals surface area contributed by atoms with E-state index in [2.05, 4.69) is 44.0 Å². The van der Waals surface area contributed by atoms with Crippen molar-refractivity contribution in [2.75, 3.05) is 0 Å². The van der Waals surface area contributed by atoms with Crippen molar-refractivity contribution in [2.24, 2.45) is 0 Å². The summed E-state index contributed by atoms with van der Waals surface area (Å²) in [5.74, 6) is 0. The van der Waals surface area contributed by atoms with Gasteiger partial charge in [0, 0.05) is 19.7 Å². The fourth-order valence-corrected chi connectivity index (χ4v) is 6.68. The van der Waals surface area contributed by atoms with Gasteiger partial charge in [-0.15, -0.1) is 0 Å². The Hall–Kier alpha value is -3.74. The summed E-state index contributed by atoms with van der Waals surface area (Å²) >= 11 is 7.17. The highest BCUT2D eigenvalue weighted by Gasteiger charge is 2.25. The van der Waals surface area contributed by atoms with Crippen LogP contribution in [-0.4, -0.2) is 9.03 Å². The van der Waals surface area contributed by atoms with E-state index in [0.717, 1.165) is 63.1 Å². The van der Waals surface area contributed by atoms with Crippen molar-refractivity contribution in [2.45, 2.75) is 0 Å². The first-order chi connectivity index (χ1) is 17.5. The molecule has 6 heteroatoms. The maximum Gasteiger partial charge on any atom is 0.283 e. The van der Waals surface area contributed by atoms with Gasteiger partial charge in [-0.1, -0.05) is 92.5 Å². The number of rotatable bonds is 0. The fraction of sp³-hybridized carbons (Fsp3) is 0. The Balaban J connectivity index is 1.81. The van der Waals surface area contributed by atoms with E-state index in [9.17, 15) is 9.59 Å². The third-order valence-corrected chi connectivity index (χ3v) is 8.34. The second-order valence-electron chi connectivity index (χ2n) is 9.15. The second kappa shape index (κ2) is 6.93. The Morgan fingerprint density at radius 2 is 0.861 bits per heavy atom. The average molecular weight is 594 g/mol. The Morgan fingerprint density at radius 3 is 1.31 bits per heavy atom. The Kier molecular flexibility index (Phi) is 3.94. The fourth-order valence-electron chi connectivity index (χ4n) is 5.96. The molecule has 0 aliphatic carbocycles. The number of fused-ring (bicyclic) bond motifs is 15. The van der Waals surface area contributed by atoms with E-state index in [4.69, 9.17) is 0 Å². The zero-order valence-electron chi connectivity index (χ0n) is 18.5. The highest BCUT2D eigenvalue weighted by Crippen LogP contribution is 2.39. The number of aromatic nitrogens is 2. The van der Waals surface area contributed by atoms with Gasteiger partial charge in [-0.05, 0) is 56.6 Å². The molecule has 0 bridgehead atoms. The largest absolute Gasteiger partial charge is 0.283 e. The van der Waals surface area contributed by atoms with Gasteiger partial charge in [0.05, 0.1) is 21.8 Å². The standard InChI is InChI=1S/C30H14Br2N2O2/c31-15-9-11-19-23(13-15)17-5-1-3-7-21(17)27-25(19)29(35)34-30(36)26-20-12-10-16(32)14-24(20)18-6-2-4-8-22(18)28(26)33(27)34/h1-14H. The van der Waals surface area contributed by atoms with Crippen molar-refractivity contribution in [1.82, 2.24) is 9.03 Å². The van der Waals surface area contributed by atoms with Crippen LogP contribution in [0, 0.1) is 0 Å². The van der Waals surface area contributed by atoms with E-state index in [-0.39, 0.29) is 11.1 Å². The van der Waals surface area contributed by atoms with Crippen molar-refractivity contribution in [3.05, 3.63) is 115 Å². The highest BCUT2D eigenvalue weighted by atomic mass is 79.9. The van der Waals surface area contributed by atoms with E-state index >= 15 is 0 Å². The van der Waals surface area contributed by atoms with Crippen molar-refractivity contribution in [1.29, 1.82) is 0 Å². The van der Waals surface area contributed by atoms with Crippen LogP contribution in [0.25, 0.3) is 64.9 Å². The number of benzene rings is 6. The van der Waals surface area contributed by atoms with Crippen molar-refractivity contribution >= 4 is 96.8 Å². The van der Waals surface area contributed by atoms with Crippen LogP contribution in [-0.2, 0) is 0 Å². The maximum atomic E-state index is 14.1. The molecule has 0 aliphatic heterocycles. The molecule has 0 amide bonds. The molecule has 6 aromatic carbocycles. The van der Waals surface area contributed by atoms with Crippen LogP contribution in [0.15, 0.2) is 103 Å². The minimum atomic E-state index is -0.293. The van der Waals surface area contributed by atoms with Gasteiger partial charge >= 0.3 is 0 Å². The zero-order valence-corrected chi connectivity index (χ0v) is 21.7. The topological polar surface area (TPSA) is 43.0 Å². The second-order valence-corrected chi connectivity index (χ2v) is 11.0. The lowest BCUT2D eigenvalue weighted by atomic mass is 9.97. The molecule has 8 aromatic rings. The quantitative estimate of drug-likeness (QED) is 0.170. The molecule has 2 aromatic heterocycles. The molecule has 0 atom stereocenters. The molecular weight excluding hydrogens is 580 g/mol. The first kappa shape index (κ1) is 20.5. The Labute approximate surface area is 219 Å². The molecule has 0 radical (unpaired) electrons. The molecule has 0 saturated carbocycles. The number of nitrogens with zero attached hydrogens (tertiary/aromatic N) is 2. The van der Waals surface area contributed by atoms with Gasteiger partial charge in [-0.3, -0.25) is 9.59 Å². The molecule has 0 unspecified atom stereocenters. The summed E-state index contributed by atoms with van der Waals surface area (Å²) in [6.45, 7) is 0. The summed E-state index contributed by atoms with van der Waals surface area (Å²) in [7, 11) is 0. The molecule has 2 heterocycles. The normalized spacial score (nSPS) is 12.4. The first-order valence-corrected chi connectivity index (χ1v) is 13.1. The van der Waals surface area contributed by atoms with E-state index in [1.54, 1.807) is 0 Å². The smallest absolute Gasteiger partial charge is 0.267 e. The molecule has 36 heavy (non-hydrogen) atoms. The summed E-state index contributed by atoms with van der Waals surface area (Å²) in [6, 6.07) is 28.1. The van der Waals surface area contributed by atoms with Crippen LogP contribution in [0.5, 0.6) is 0 Å². The number of halogens is 2. The lowest BCUT2D eigenvalue weighted by Crippen LogP contribution is -2.21. The minimum absolute atomic E-state index is 0.293. The van der Waals surface area contributed by atoms with E-state index < -0.39 is 0 Å². The maximum absolute atomic E-state index is 14.1. The third-order valence-electron chi connectivity index (χ3n) is 7.36. The summed E-state index contributed by atoms with van der Waals surface area (Å²) < 4.78 is 5.08. The van der Waals surface area contributed by atoms with Gasteiger partial charge in [-0.2, -0.15) is 4.52 Å². The van der Waals surface area contributed by atoms with Gasteiger partial charge < -0.3 is 0 Å². The van der Waals surface area contributed by atoms with Crippen LogP contribution in [0.2, 0.25) is 0 Å². The van der Waals surface area contributed by atoms with Crippen LogP contribution < -0.4 is 11.1 Å². The number of hydrogen-bond donors (Lipinski definition) is 0. The molecule has 170 valence electrons. The first-order valence-electron chi connectivity index (χ1n) is 11.5. The predicted octanol–water partition coefficient (Wildman–Crippen LogP) is 7.64. The summed E-state index contributed by atoms with van der Waals surface area (Å²) in [5.41, 5.74) is 0.940. The molecule has 0 fully saturated rings. The molecule has 4 nitrogen and oxygen atoms in total. The van der Waals surface area contributed by atoms with Crippen LogP contribution in [0.3, 0.4) is 0 Å². The third kappa shape index (κ3) is 2.38. The number of hydrogen-bond acceptors (Lipinski definition) is 2. The lowest BCUT2D eigenvalue weighted by molar-refractivity contribution is 0.844.